The Morgan fingerprint density at radius 3 is 2.58 bits per heavy atom. The van der Waals surface area contributed by atoms with Crippen molar-refractivity contribution < 1.29 is 23.8 Å². The predicted molar refractivity (Wildman–Crippen MR) is 122 cm³/mol. The lowest BCUT2D eigenvalue weighted by atomic mass is 9.98. The highest BCUT2D eigenvalue weighted by Gasteiger charge is 2.45. The SMILES string of the molecule is COC(=O)c1sc(N2C(=O)c3oc4ccc(C)cc4c(=O)c3[C@@H]2c2ccc(O)cc2)nc1C. The lowest BCUT2D eigenvalue weighted by Gasteiger charge is -2.22. The quantitative estimate of drug-likeness (QED) is 0.456. The first-order valence-corrected chi connectivity index (χ1v) is 10.9. The molecule has 2 aromatic heterocycles. The van der Waals surface area contributed by atoms with Crippen molar-refractivity contribution in [3.63, 3.8) is 0 Å². The van der Waals surface area contributed by atoms with Crippen LogP contribution in [0.15, 0.2) is 51.7 Å². The van der Waals surface area contributed by atoms with Crippen molar-refractivity contribution in [2.45, 2.75) is 19.9 Å². The van der Waals surface area contributed by atoms with Crippen LogP contribution in [-0.2, 0) is 4.74 Å². The number of methoxy groups -OCH3 is 1. The van der Waals surface area contributed by atoms with Gasteiger partial charge in [0.1, 0.15) is 16.2 Å². The van der Waals surface area contributed by atoms with Gasteiger partial charge in [-0.2, -0.15) is 0 Å². The molecule has 1 amide bonds. The molecule has 9 heteroatoms. The standard InChI is InChI=1S/C24H18N2O6S/c1-11-4-9-16-15(10-11)19(28)17-18(13-5-7-14(27)8-6-13)26(22(29)20(17)32-16)24-25-12(2)21(33-24)23(30)31-3/h4-10,18,27H,1-3H3/t18-/m0/s1. The van der Waals surface area contributed by atoms with E-state index in [0.717, 1.165) is 16.9 Å². The topological polar surface area (TPSA) is 110 Å². The van der Waals surface area contributed by atoms with Crippen molar-refractivity contribution in [1.82, 2.24) is 4.98 Å². The summed E-state index contributed by atoms with van der Waals surface area (Å²) in [6, 6.07) is 10.6. The van der Waals surface area contributed by atoms with E-state index in [9.17, 15) is 19.5 Å². The van der Waals surface area contributed by atoms with Gasteiger partial charge in [-0.15, -0.1) is 0 Å². The molecule has 0 saturated heterocycles. The largest absolute Gasteiger partial charge is 0.508 e. The number of phenols is 1. The first-order valence-electron chi connectivity index (χ1n) is 10.1. The molecular formula is C24H18N2O6S. The number of thiazole rings is 1. The first kappa shape index (κ1) is 20.9. The monoisotopic (exact) mass is 462 g/mol. The molecule has 0 aliphatic carbocycles. The van der Waals surface area contributed by atoms with Crippen LogP contribution >= 0.6 is 11.3 Å². The molecule has 5 rings (SSSR count). The minimum atomic E-state index is -0.842. The average Bonchev–Trinajstić information content (AvgIpc) is 3.32. The molecule has 1 atom stereocenters. The Balaban J connectivity index is 1.78. The van der Waals surface area contributed by atoms with Crippen molar-refractivity contribution in [3.05, 3.63) is 85.7 Å². The molecule has 33 heavy (non-hydrogen) atoms. The highest BCUT2D eigenvalue weighted by molar-refractivity contribution is 7.17. The average molecular weight is 462 g/mol. The lowest BCUT2D eigenvalue weighted by molar-refractivity contribution is 0.0605. The van der Waals surface area contributed by atoms with Crippen LogP contribution in [0.3, 0.4) is 0 Å². The summed E-state index contributed by atoms with van der Waals surface area (Å²) in [5, 5.41) is 10.4. The first-order chi connectivity index (χ1) is 15.8. The number of aryl methyl sites for hydroxylation is 2. The van der Waals surface area contributed by atoms with Gasteiger partial charge in [0.2, 0.25) is 5.76 Å². The van der Waals surface area contributed by atoms with E-state index < -0.39 is 17.9 Å². The van der Waals surface area contributed by atoms with Gasteiger partial charge in [0.15, 0.2) is 10.6 Å². The van der Waals surface area contributed by atoms with E-state index in [2.05, 4.69) is 4.98 Å². The molecule has 1 aliphatic rings. The number of aromatic hydroxyl groups is 1. The van der Waals surface area contributed by atoms with Gasteiger partial charge in [0.05, 0.1) is 29.8 Å². The summed E-state index contributed by atoms with van der Waals surface area (Å²) in [6.07, 6.45) is 0. The van der Waals surface area contributed by atoms with Gasteiger partial charge >= 0.3 is 5.97 Å². The fraction of sp³-hybridized carbons (Fsp3) is 0.167. The molecule has 3 heterocycles. The van der Waals surface area contributed by atoms with Gasteiger partial charge in [-0.05, 0) is 43.7 Å². The normalized spacial score (nSPS) is 15.2. The number of carbonyl (C=O) groups is 2. The molecule has 1 N–H and O–H groups in total. The summed E-state index contributed by atoms with van der Waals surface area (Å²) in [5.74, 6) is -1.11. The lowest BCUT2D eigenvalue weighted by Crippen LogP contribution is -2.29. The maximum absolute atomic E-state index is 13.6. The number of aromatic nitrogens is 1. The number of hydrogen-bond acceptors (Lipinski definition) is 8. The van der Waals surface area contributed by atoms with Crippen LogP contribution in [0.5, 0.6) is 5.75 Å². The highest BCUT2D eigenvalue weighted by atomic mass is 32.1. The van der Waals surface area contributed by atoms with Crippen molar-refractivity contribution in [3.8, 4) is 5.75 Å². The summed E-state index contributed by atoms with van der Waals surface area (Å²) in [7, 11) is 1.27. The highest BCUT2D eigenvalue weighted by Crippen LogP contribution is 2.43. The minimum absolute atomic E-state index is 0.0501. The molecule has 1 aliphatic heterocycles. The Labute approximate surface area is 191 Å². The number of anilines is 1. The van der Waals surface area contributed by atoms with Gasteiger partial charge in [0, 0.05) is 0 Å². The van der Waals surface area contributed by atoms with Crippen LogP contribution in [0, 0.1) is 13.8 Å². The Hall–Kier alpha value is -3.98. The number of benzene rings is 2. The number of esters is 1. The molecule has 0 radical (unpaired) electrons. The van der Waals surface area contributed by atoms with Gasteiger partial charge in [0.25, 0.3) is 5.91 Å². The third-order valence-corrected chi connectivity index (χ3v) is 6.73. The number of amides is 1. The van der Waals surface area contributed by atoms with Crippen LogP contribution in [0.1, 0.15) is 48.7 Å². The van der Waals surface area contributed by atoms with E-state index in [1.807, 2.05) is 6.92 Å². The van der Waals surface area contributed by atoms with Crippen LogP contribution in [0.25, 0.3) is 11.0 Å². The van der Waals surface area contributed by atoms with Crippen molar-refractivity contribution in [2.24, 2.45) is 0 Å². The second-order valence-corrected chi connectivity index (χ2v) is 8.72. The van der Waals surface area contributed by atoms with Gasteiger partial charge in [-0.3, -0.25) is 14.5 Å². The van der Waals surface area contributed by atoms with Crippen molar-refractivity contribution >= 4 is 39.3 Å². The van der Waals surface area contributed by atoms with Crippen LogP contribution in [0.2, 0.25) is 0 Å². The molecule has 0 bridgehead atoms. The second kappa shape index (κ2) is 7.56. The number of fused-ring (bicyclic) bond motifs is 2. The molecule has 0 saturated carbocycles. The summed E-state index contributed by atoms with van der Waals surface area (Å²) in [6.45, 7) is 3.52. The third-order valence-electron chi connectivity index (χ3n) is 5.60. The summed E-state index contributed by atoms with van der Waals surface area (Å²) < 4.78 is 10.8. The van der Waals surface area contributed by atoms with Crippen molar-refractivity contribution in [1.29, 1.82) is 0 Å². The van der Waals surface area contributed by atoms with E-state index in [-0.39, 0.29) is 32.5 Å². The van der Waals surface area contributed by atoms with E-state index in [4.69, 9.17) is 9.15 Å². The number of ether oxygens (including phenoxy) is 1. The maximum Gasteiger partial charge on any atom is 0.350 e. The molecule has 0 unspecified atom stereocenters. The molecule has 0 fully saturated rings. The smallest absolute Gasteiger partial charge is 0.350 e. The maximum atomic E-state index is 13.6. The third kappa shape index (κ3) is 3.20. The summed E-state index contributed by atoms with van der Waals surface area (Å²) >= 11 is 1.00. The zero-order valence-corrected chi connectivity index (χ0v) is 18.7. The van der Waals surface area contributed by atoms with Crippen LogP contribution in [0.4, 0.5) is 5.13 Å². The molecule has 4 aromatic rings. The summed E-state index contributed by atoms with van der Waals surface area (Å²) in [5.41, 5.74) is 2.08. The molecule has 166 valence electrons. The number of hydrogen-bond donors (Lipinski definition) is 1. The second-order valence-electron chi connectivity index (χ2n) is 7.75. The van der Waals surface area contributed by atoms with E-state index >= 15 is 0 Å². The fourth-order valence-corrected chi connectivity index (χ4v) is 5.04. The van der Waals surface area contributed by atoms with E-state index in [1.165, 1.54) is 24.1 Å². The summed E-state index contributed by atoms with van der Waals surface area (Å²) in [4.78, 5) is 45.4. The molecule has 8 nitrogen and oxygen atoms in total. The Morgan fingerprint density at radius 1 is 1.15 bits per heavy atom. The zero-order chi connectivity index (χ0) is 23.4. The number of rotatable bonds is 3. The van der Waals surface area contributed by atoms with E-state index in [1.54, 1.807) is 37.3 Å². The molecule has 2 aromatic carbocycles. The Bertz CT molecular complexity index is 1500. The van der Waals surface area contributed by atoms with E-state index in [0.29, 0.717) is 22.2 Å². The fourth-order valence-electron chi connectivity index (χ4n) is 4.02. The Kier molecular flexibility index (Phi) is 4.79. The van der Waals surface area contributed by atoms with Gasteiger partial charge in [-0.25, -0.2) is 9.78 Å². The van der Waals surface area contributed by atoms with Crippen LogP contribution < -0.4 is 10.3 Å². The van der Waals surface area contributed by atoms with Crippen molar-refractivity contribution in [2.75, 3.05) is 12.0 Å². The Morgan fingerprint density at radius 2 is 1.88 bits per heavy atom. The van der Waals surface area contributed by atoms with Crippen LogP contribution in [-0.4, -0.2) is 29.1 Å². The molecular weight excluding hydrogens is 444 g/mol. The zero-order valence-electron chi connectivity index (χ0n) is 17.9. The van der Waals surface area contributed by atoms with Gasteiger partial charge in [-0.1, -0.05) is 35.1 Å². The number of nitrogens with zero attached hydrogens (tertiary/aromatic N) is 2. The molecule has 0 spiro atoms. The predicted octanol–water partition coefficient (Wildman–Crippen LogP) is 4.11. The minimum Gasteiger partial charge on any atom is -0.508 e. The number of carbonyl (C=O) groups excluding carboxylic acids is 2. The number of phenolic OH excluding ortho intramolecular Hbond substituents is 1. The van der Waals surface area contributed by atoms with Gasteiger partial charge < -0.3 is 14.3 Å².